The summed E-state index contributed by atoms with van der Waals surface area (Å²) in [5, 5.41) is 12.7. The average molecular weight is 276 g/mol. The number of hydrogen-bond acceptors (Lipinski definition) is 3. The molecular formula is C16H24N2O2. The van der Waals surface area contributed by atoms with E-state index in [1.54, 1.807) is 0 Å². The number of aliphatic hydroxyl groups excluding tert-OH is 1. The zero-order valence-corrected chi connectivity index (χ0v) is 11.8. The van der Waals surface area contributed by atoms with Gasteiger partial charge in [-0.05, 0) is 31.2 Å². The number of rotatable bonds is 5. The number of nitrogens with two attached hydrogens (primary N) is 1. The van der Waals surface area contributed by atoms with Gasteiger partial charge >= 0.3 is 0 Å². The van der Waals surface area contributed by atoms with Crippen LogP contribution in [0.25, 0.3) is 0 Å². The average Bonchev–Trinajstić information content (AvgIpc) is 2.48. The molecule has 1 fully saturated rings. The molecule has 0 bridgehead atoms. The number of benzene rings is 1. The maximum atomic E-state index is 12.0. The largest absolute Gasteiger partial charge is 0.391 e. The highest BCUT2D eigenvalue weighted by Crippen LogP contribution is 2.18. The number of hydrogen-bond donors (Lipinski definition) is 3. The number of carbonyl (C=O) groups is 1. The van der Waals surface area contributed by atoms with E-state index in [9.17, 15) is 9.90 Å². The summed E-state index contributed by atoms with van der Waals surface area (Å²) in [4.78, 5) is 12.0. The van der Waals surface area contributed by atoms with Crippen molar-refractivity contribution in [2.24, 2.45) is 5.73 Å². The van der Waals surface area contributed by atoms with Crippen molar-refractivity contribution in [2.45, 2.75) is 56.7 Å². The van der Waals surface area contributed by atoms with E-state index in [-0.39, 0.29) is 11.9 Å². The van der Waals surface area contributed by atoms with Gasteiger partial charge in [-0.3, -0.25) is 4.79 Å². The highest BCUT2D eigenvalue weighted by atomic mass is 16.3. The van der Waals surface area contributed by atoms with Crippen LogP contribution in [0.3, 0.4) is 0 Å². The SMILES string of the molecule is N[C@@H](CCc1ccccc1)C(=O)NC1CCCCC1O. The Morgan fingerprint density at radius 3 is 2.70 bits per heavy atom. The number of aryl methyl sites for hydroxylation is 1. The van der Waals surface area contributed by atoms with Crippen LogP contribution in [0, 0.1) is 0 Å². The summed E-state index contributed by atoms with van der Waals surface area (Å²) in [5.41, 5.74) is 7.12. The molecule has 20 heavy (non-hydrogen) atoms. The summed E-state index contributed by atoms with van der Waals surface area (Å²) in [7, 11) is 0. The Kier molecular flexibility index (Phi) is 5.56. The van der Waals surface area contributed by atoms with Crippen LogP contribution in [0.5, 0.6) is 0 Å². The fraction of sp³-hybridized carbons (Fsp3) is 0.562. The summed E-state index contributed by atoms with van der Waals surface area (Å²) < 4.78 is 0. The zero-order chi connectivity index (χ0) is 14.4. The van der Waals surface area contributed by atoms with E-state index in [0.29, 0.717) is 6.42 Å². The highest BCUT2D eigenvalue weighted by Gasteiger charge is 2.26. The molecule has 1 aliphatic rings. The van der Waals surface area contributed by atoms with Crippen LogP contribution in [0.15, 0.2) is 30.3 Å². The van der Waals surface area contributed by atoms with Gasteiger partial charge in [-0.1, -0.05) is 43.2 Å². The Bertz CT molecular complexity index is 422. The minimum Gasteiger partial charge on any atom is -0.391 e. The number of nitrogens with one attached hydrogen (secondary N) is 1. The first-order chi connectivity index (χ1) is 9.66. The van der Waals surface area contributed by atoms with Crippen molar-refractivity contribution in [1.29, 1.82) is 0 Å². The van der Waals surface area contributed by atoms with Crippen molar-refractivity contribution >= 4 is 5.91 Å². The zero-order valence-electron chi connectivity index (χ0n) is 11.8. The van der Waals surface area contributed by atoms with E-state index in [4.69, 9.17) is 5.73 Å². The maximum Gasteiger partial charge on any atom is 0.237 e. The molecule has 4 nitrogen and oxygen atoms in total. The molecule has 0 heterocycles. The minimum absolute atomic E-state index is 0.126. The van der Waals surface area contributed by atoms with Crippen LogP contribution in [0.1, 0.15) is 37.7 Å². The van der Waals surface area contributed by atoms with Gasteiger partial charge in [0.15, 0.2) is 0 Å². The third-order valence-electron chi connectivity index (χ3n) is 3.98. The van der Waals surface area contributed by atoms with Gasteiger partial charge in [0.2, 0.25) is 5.91 Å². The first kappa shape index (κ1) is 15.0. The summed E-state index contributed by atoms with van der Waals surface area (Å²) in [5.74, 6) is -0.146. The molecule has 0 aromatic heterocycles. The molecule has 1 aliphatic carbocycles. The molecule has 0 spiro atoms. The van der Waals surface area contributed by atoms with Gasteiger partial charge in [-0.2, -0.15) is 0 Å². The lowest BCUT2D eigenvalue weighted by Gasteiger charge is -2.29. The lowest BCUT2D eigenvalue weighted by Crippen LogP contribution is -2.50. The molecule has 3 atom stereocenters. The summed E-state index contributed by atoms with van der Waals surface area (Å²) in [6.07, 6.45) is 4.70. The smallest absolute Gasteiger partial charge is 0.237 e. The third kappa shape index (κ3) is 4.32. The van der Waals surface area contributed by atoms with Gasteiger partial charge in [0.25, 0.3) is 0 Å². The van der Waals surface area contributed by atoms with E-state index in [1.165, 1.54) is 5.56 Å². The Morgan fingerprint density at radius 1 is 1.30 bits per heavy atom. The fourth-order valence-corrected chi connectivity index (χ4v) is 2.67. The first-order valence-electron chi connectivity index (χ1n) is 7.45. The number of amides is 1. The molecule has 4 heteroatoms. The number of aliphatic hydroxyl groups is 1. The van der Waals surface area contributed by atoms with Crippen molar-refractivity contribution in [2.75, 3.05) is 0 Å². The Balaban J connectivity index is 1.77. The molecule has 110 valence electrons. The first-order valence-corrected chi connectivity index (χ1v) is 7.45. The van der Waals surface area contributed by atoms with Crippen molar-refractivity contribution in [3.8, 4) is 0 Å². The standard InChI is InChI=1S/C16H24N2O2/c17-13(11-10-12-6-2-1-3-7-12)16(20)18-14-8-4-5-9-15(14)19/h1-3,6-7,13-15,19H,4-5,8-11,17H2,(H,18,20)/t13-,14?,15?/m0/s1. The van der Waals surface area contributed by atoms with Gasteiger partial charge in [0, 0.05) is 0 Å². The Morgan fingerprint density at radius 2 is 2.00 bits per heavy atom. The normalized spacial score (nSPS) is 24.1. The molecule has 2 unspecified atom stereocenters. The van der Waals surface area contributed by atoms with Gasteiger partial charge in [0.1, 0.15) is 0 Å². The van der Waals surface area contributed by atoms with Crippen LogP contribution < -0.4 is 11.1 Å². The van der Waals surface area contributed by atoms with Crippen molar-refractivity contribution in [3.63, 3.8) is 0 Å². The minimum atomic E-state index is -0.510. The van der Waals surface area contributed by atoms with E-state index in [1.807, 2.05) is 30.3 Å². The lowest BCUT2D eigenvalue weighted by molar-refractivity contribution is -0.124. The Labute approximate surface area is 120 Å². The van der Waals surface area contributed by atoms with E-state index in [0.717, 1.165) is 32.1 Å². The van der Waals surface area contributed by atoms with Gasteiger partial charge in [0.05, 0.1) is 18.2 Å². The molecule has 0 saturated heterocycles. The molecule has 1 aromatic rings. The quantitative estimate of drug-likeness (QED) is 0.760. The summed E-state index contributed by atoms with van der Waals surface area (Å²) in [6, 6.07) is 9.38. The summed E-state index contributed by atoms with van der Waals surface area (Å²) in [6.45, 7) is 0. The molecule has 1 aromatic carbocycles. The molecule has 2 rings (SSSR count). The topological polar surface area (TPSA) is 75.4 Å². The molecular weight excluding hydrogens is 252 g/mol. The second kappa shape index (κ2) is 7.41. The molecule has 0 aliphatic heterocycles. The monoisotopic (exact) mass is 276 g/mol. The fourth-order valence-electron chi connectivity index (χ4n) is 2.67. The molecule has 0 radical (unpaired) electrons. The van der Waals surface area contributed by atoms with Gasteiger partial charge in [-0.25, -0.2) is 0 Å². The molecule has 4 N–H and O–H groups in total. The predicted octanol–water partition coefficient (Wildman–Crippen LogP) is 1.37. The van der Waals surface area contributed by atoms with Gasteiger partial charge in [-0.15, -0.1) is 0 Å². The molecule has 1 saturated carbocycles. The van der Waals surface area contributed by atoms with Crippen LogP contribution in [0.2, 0.25) is 0 Å². The Hall–Kier alpha value is -1.39. The maximum absolute atomic E-state index is 12.0. The lowest BCUT2D eigenvalue weighted by atomic mass is 9.92. The van der Waals surface area contributed by atoms with Crippen LogP contribution >= 0.6 is 0 Å². The van der Waals surface area contributed by atoms with E-state index < -0.39 is 12.1 Å². The highest BCUT2D eigenvalue weighted by molar-refractivity contribution is 5.81. The summed E-state index contributed by atoms with van der Waals surface area (Å²) >= 11 is 0. The predicted molar refractivity (Wildman–Crippen MR) is 79.1 cm³/mol. The third-order valence-corrected chi connectivity index (χ3v) is 3.98. The van der Waals surface area contributed by atoms with Crippen LogP contribution in [0.4, 0.5) is 0 Å². The second-order valence-electron chi connectivity index (χ2n) is 5.60. The number of carbonyl (C=O) groups excluding carboxylic acids is 1. The van der Waals surface area contributed by atoms with Crippen LogP contribution in [-0.2, 0) is 11.2 Å². The van der Waals surface area contributed by atoms with E-state index >= 15 is 0 Å². The van der Waals surface area contributed by atoms with Crippen molar-refractivity contribution in [3.05, 3.63) is 35.9 Å². The second-order valence-corrected chi connectivity index (χ2v) is 5.60. The van der Waals surface area contributed by atoms with E-state index in [2.05, 4.69) is 5.32 Å². The van der Waals surface area contributed by atoms with Crippen LogP contribution in [-0.4, -0.2) is 29.2 Å². The van der Waals surface area contributed by atoms with Gasteiger partial charge < -0.3 is 16.2 Å². The molecule has 1 amide bonds. The van der Waals surface area contributed by atoms with Crippen molar-refractivity contribution < 1.29 is 9.90 Å². The van der Waals surface area contributed by atoms with Crippen molar-refractivity contribution in [1.82, 2.24) is 5.32 Å².